The quantitative estimate of drug-likeness (QED) is 0.685. The minimum Gasteiger partial charge on any atom is -0.370 e. The molecule has 164 valence electrons. The Morgan fingerprint density at radius 1 is 0.839 bits per heavy atom. The number of hydrogen-bond acceptors (Lipinski definition) is 4. The fraction of sp³-hybridized carbons (Fsp3) is 0.375. The van der Waals surface area contributed by atoms with Crippen LogP contribution < -0.4 is 21.3 Å². The van der Waals surface area contributed by atoms with Crippen molar-refractivity contribution in [1.29, 1.82) is 0 Å². The molecule has 7 heteroatoms. The van der Waals surface area contributed by atoms with Gasteiger partial charge in [0.2, 0.25) is 5.91 Å². The number of carbonyl (C=O) groups excluding carboxylic acids is 3. The summed E-state index contributed by atoms with van der Waals surface area (Å²) in [6.07, 6.45) is 3.36. The summed E-state index contributed by atoms with van der Waals surface area (Å²) in [4.78, 5) is 39.1. The van der Waals surface area contributed by atoms with Crippen molar-refractivity contribution in [2.75, 3.05) is 23.3 Å². The Hall–Kier alpha value is -3.35. The number of nitrogens with two attached hydrogens (primary N) is 1. The second-order valence-corrected chi connectivity index (χ2v) is 8.88. The molecular formula is C24H30N4O3. The van der Waals surface area contributed by atoms with Gasteiger partial charge in [0.05, 0.1) is 11.4 Å². The summed E-state index contributed by atoms with van der Waals surface area (Å²) in [6, 6.07) is 11.6. The third kappa shape index (κ3) is 5.84. The van der Waals surface area contributed by atoms with Crippen LogP contribution in [0.1, 0.15) is 71.1 Å². The Labute approximate surface area is 183 Å². The van der Waals surface area contributed by atoms with Crippen molar-refractivity contribution in [3.05, 3.63) is 59.2 Å². The zero-order chi connectivity index (χ0) is 22.6. The van der Waals surface area contributed by atoms with Gasteiger partial charge in [0, 0.05) is 35.3 Å². The molecule has 0 aromatic heterocycles. The lowest BCUT2D eigenvalue weighted by Gasteiger charge is -2.30. The van der Waals surface area contributed by atoms with Gasteiger partial charge in [-0.15, -0.1) is 0 Å². The van der Waals surface area contributed by atoms with E-state index in [2.05, 4.69) is 15.5 Å². The van der Waals surface area contributed by atoms with Crippen molar-refractivity contribution in [1.82, 2.24) is 5.32 Å². The normalized spacial score (nSPS) is 14.1. The molecule has 3 rings (SSSR count). The minimum absolute atomic E-state index is 0.194. The number of benzene rings is 2. The summed E-state index contributed by atoms with van der Waals surface area (Å²) >= 11 is 0. The predicted octanol–water partition coefficient (Wildman–Crippen LogP) is 3.56. The van der Waals surface area contributed by atoms with Gasteiger partial charge in [0.1, 0.15) is 0 Å². The largest absolute Gasteiger partial charge is 0.370 e. The number of carbonyl (C=O) groups is 3. The summed E-state index contributed by atoms with van der Waals surface area (Å²) in [7, 11) is 0. The molecule has 7 nitrogen and oxygen atoms in total. The zero-order valence-electron chi connectivity index (χ0n) is 18.3. The SMILES string of the molecule is CC(C)(C)NC(=O)c1ccc(C(=O)Nc2cc(C(N)=O)ccc2N2CCCCC2)cc1. The van der Waals surface area contributed by atoms with Gasteiger partial charge in [0.15, 0.2) is 0 Å². The third-order valence-corrected chi connectivity index (χ3v) is 5.12. The van der Waals surface area contributed by atoms with Gasteiger partial charge in [-0.2, -0.15) is 0 Å². The molecule has 0 aliphatic carbocycles. The summed E-state index contributed by atoms with van der Waals surface area (Å²) in [5, 5.41) is 5.81. The molecule has 31 heavy (non-hydrogen) atoms. The molecule has 0 bridgehead atoms. The number of primary amides is 1. The van der Waals surface area contributed by atoms with E-state index in [4.69, 9.17) is 5.73 Å². The van der Waals surface area contributed by atoms with E-state index in [-0.39, 0.29) is 17.4 Å². The average molecular weight is 423 g/mol. The monoisotopic (exact) mass is 422 g/mol. The standard InChI is InChI=1S/C24H30N4O3/c1-24(2,3)27-23(31)17-9-7-16(8-10-17)22(30)26-19-15-18(21(25)29)11-12-20(19)28-13-5-4-6-14-28/h7-12,15H,4-6,13-14H2,1-3H3,(H2,25,29)(H,26,30)(H,27,31). The smallest absolute Gasteiger partial charge is 0.255 e. The first-order valence-corrected chi connectivity index (χ1v) is 10.6. The molecule has 2 aromatic carbocycles. The molecule has 0 saturated carbocycles. The van der Waals surface area contributed by atoms with Crippen LogP contribution in [0.25, 0.3) is 0 Å². The van der Waals surface area contributed by atoms with Crippen molar-refractivity contribution in [3.8, 4) is 0 Å². The highest BCUT2D eigenvalue weighted by molar-refractivity contribution is 6.07. The molecule has 1 saturated heterocycles. The molecule has 0 radical (unpaired) electrons. The van der Waals surface area contributed by atoms with Gasteiger partial charge in [-0.3, -0.25) is 14.4 Å². The molecule has 1 aliphatic rings. The van der Waals surface area contributed by atoms with Gasteiger partial charge in [-0.05, 0) is 82.5 Å². The first kappa shape index (κ1) is 22.3. The van der Waals surface area contributed by atoms with Gasteiger partial charge < -0.3 is 21.3 Å². The Morgan fingerprint density at radius 2 is 1.39 bits per heavy atom. The summed E-state index contributed by atoms with van der Waals surface area (Å²) in [6.45, 7) is 7.53. The lowest BCUT2D eigenvalue weighted by molar-refractivity contribution is 0.0917. The van der Waals surface area contributed by atoms with Crippen molar-refractivity contribution in [3.63, 3.8) is 0 Å². The number of hydrogen-bond donors (Lipinski definition) is 3. The van der Waals surface area contributed by atoms with Crippen LogP contribution in [0.5, 0.6) is 0 Å². The van der Waals surface area contributed by atoms with Crippen LogP contribution in [0.2, 0.25) is 0 Å². The van der Waals surface area contributed by atoms with Crippen molar-refractivity contribution < 1.29 is 14.4 Å². The second kappa shape index (κ2) is 9.20. The Balaban J connectivity index is 1.81. The van der Waals surface area contributed by atoms with Crippen molar-refractivity contribution in [2.24, 2.45) is 5.73 Å². The number of anilines is 2. The fourth-order valence-electron chi connectivity index (χ4n) is 3.58. The van der Waals surface area contributed by atoms with E-state index < -0.39 is 5.91 Å². The van der Waals surface area contributed by atoms with E-state index in [9.17, 15) is 14.4 Å². The number of amides is 3. The maximum atomic E-state index is 12.9. The van der Waals surface area contributed by atoms with Crippen LogP contribution >= 0.6 is 0 Å². The van der Waals surface area contributed by atoms with Crippen LogP contribution in [0.4, 0.5) is 11.4 Å². The Morgan fingerprint density at radius 3 is 1.94 bits per heavy atom. The molecule has 1 fully saturated rings. The van der Waals surface area contributed by atoms with Crippen LogP contribution in [0.3, 0.4) is 0 Å². The summed E-state index contributed by atoms with van der Waals surface area (Å²) < 4.78 is 0. The molecule has 4 N–H and O–H groups in total. The molecule has 2 aromatic rings. The second-order valence-electron chi connectivity index (χ2n) is 8.88. The molecule has 1 aliphatic heterocycles. The average Bonchev–Trinajstić information content (AvgIpc) is 2.73. The topological polar surface area (TPSA) is 105 Å². The Bertz CT molecular complexity index is 971. The van der Waals surface area contributed by atoms with Gasteiger partial charge >= 0.3 is 0 Å². The van der Waals surface area contributed by atoms with Crippen LogP contribution in [0.15, 0.2) is 42.5 Å². The van der Waals surface area contributed by atoms with E-state index in [1.54, 1.807) is 36.4 Å². The molecule has 3 amide bonds. The highest BCUT2D eigenvalue weighted by Gasteiger charge is 2.19. The van der Waals surface area contributed by atoms with E-state index >= 15 is 0 Å². The lowest BCUT2D eigenvalue weighted by Crippen LogP contribution is -2.40. The molecule has 0 atom stereocenters. The number of nitrogens with one attached hydrogen (secondary N) is 2. The lowest BCUT2D eigenvalue weighted by atomic mass is 10.1. The van der Waals surface area contributed by atoms with Crippen molar-refractivity contribution >= 4 is 29.1 Å². The minimum atomic E-state index is -0.546. The number of nitrogens with zero attached hydrogens (tertiary/aromatic N) is 1. The number of rotatable bonds is 5. The molecule has 0 unspecified atom stereocenters. The first-order valence-electron chi connectivity index (χ1n) is 10.6. The summed E-state index contributed by atoms with van der Waals surface area (Å²) in [5.41, 5.74) is 7.76. The third-order valence-electron chi connectivity index (χ3n) is 5.12. The highest BCUT2D eigenvalue weighted by atomic mass is 16.2. The van der Waals surface area contributed by atoms with E-state index in [0.717, 1.165) is 31.6 Å². The van der Waals surface area contributed by atoms with Gasteiger partial charge in [0.25, 0.3) is 11.8 Å². The van der Waals surface area contributed by atoms with E-state index in [1.165, 1.54) is 6.42 Å². The summed E-state index contributed by atoms with van der Waals surface area (Å²) in [5.74, 6) is -1.06. The van der Waals surface area contributed by atoms with E-state index in [1.807, 2.05) is 26.8 Å². The van der Waals surface area contributed by atoms with Crippen LogP contribution in [0, 0.1) is 0 Å². The zero-order valence-corrected chi connectivity index (χ0v) is 18.3. The molecule has 0 spiro atoms. The van der Waals surface area contributed by atoms with Crippen LogP contribution in [-0.2, 0) is 0 Å². The highest BCUT2D eigenvalue weighted by Crippen LogP contribution is 2.30. The van der Waals surface area contributed by atoms with Gasteiger partial charge in [-0.25, -0.2) is 0 Å². The van der Waals surface area contributed by atoms with E-state index in [0.29, 0.717) is 22.4 Å². The van der Waals surface area contributed by atoms with Crippen LogP contribution in [-0.4, -0.2) is 36.3 Å². The molecule has 1 heterocycles. The Kier molecular flexibility index (Phi) is 6.63. The fourth-order valence-corrected chi connectivity index (χ4v) is 3.58. The maximum absolute atomic E-state index is 12.9. The number of piperidine rings is 1. The van der Waals surface area contributed by atoms with Gasteiger partial charge in [-0.1, -0.05) is 0 Å². The predicted molar refractivity (Wildman–Crippen MR) is 123 cm³/mol. The molecular weight excluding hydrogens is 392 g/mol. The van der Waals surface area contributed by atoms with Crippen molar-refractivity contribution in [2.45, 2.75) is 45.6 Å². The maximum Gasteiger partial charge on any atom is 0.255 e. The first-order chi connectivity index (χ1) is 14.6.